The summed E-state index contributed by atoms with van der Waals surface area (Å²) in [4.78, 5) is 38.5. The molecule has 174 valence electrons. The second-order valence-electron chi connectivity index (χ2n) is 8.00. The molecular weight excluding hydrogens is 448 g/mol. The number of non-ortho nitro benzene ring substituents is 1. The predicted molar refractivity (Wildman–Crippen MR) is 120 cm³/mol. The number of nitro groups is 1. The van der Waals surface area contributed by atoms with E-state index in [-0.39, 0.29) is 48.6 Å². The van der Waals surface area contributed by atoms with Crippen LogP contribution in [-0.4, -0.2) is 67.1 Å². The van der Waals surface area contributed by atoms with Crippen molar-refractivity contribution in [1.82, 2.24) is 9.21 Å². The van der Waals surface area contributed by atoms with Gasteiger partial charge in [0.25, 0.3) is 11.6 Å². The highest BCUT2D eigenvalue weighted by atomic mass is 32.2. The maximum atomic E-state index is 12.9. The largest absolute Gasteiger partial charge is 0.336 e. The molecule has 0 N–H and O–H groups in total. The van der Waals surface area contributed by atoms with Crippen LogP contribution in [0.25, 0.3) is 0 Å². The van der Waals surface area contributed by atoms with Crippen LogP contribution in [0.5, 0.6) is 0 Å². The van der Waals surface area contributed by atoms with Gasteiger partial charge in [0.1, 0.15) is 0 Å². The van der Waals surface area contributed by atoms with E-state index in [1.807, 2.05) is 0 Å². The second-order valence-corrected chi connectivity index (χ2v) is 9.94. The van der Waals surface area contributed by atoms with Gasteiger partial charge in [-0.05, 0) is 43.2 Å². The van der Waals surface area contributed by atoms with Gasteiger partial charge in [0.2, 0.25) is 15.9 Å². The van der Waals surface area contributed by atoms with Gasteiger partial charge in [-0.2, -0.15) is 4.31 Å². The molecule has 0 spiro atoms. The molecule has 2 aromatic carbocycles. The second kappa shape index (κ2) is 9.28. The SMILES string of the molecule is O=C(c1ccc(N2CCCCC2=O)cc1)N1CCN(S(=O)(=O)c2cccc([N+](=O)[O-])c2)CC1. The Kier molecular flexibility index (Phi) is 6.43. The third-order valence-corrected chi connectivity index (χ3v) is 7.84. The van der Waals surface area contributed by atoms with E-state index in [2.05, 4.69) is 0 Å². The fraction of sp³-hybridized carbons (Fsp3) is 0.364. The van der Waals surface area contributed by atoms with Gasteiger partial charge in [0.15, 0.2) is 0 Å². The molecular formula is C22H24N4O6S. The zero-order chi connectivity index (χ0) is 23.6. The zero-order valence-electron chi connectivity index (χ0n) is 17.9. The van der Waals surface area contributed by atoms with Crippen molar-refractivity contribution >= 4 is 33.2 Å². The van der Waals surface area contributed by atoms with Crippen molar-refractivity contribution in [1.29, 1.82) is 0 Å². The van der Waals surface area contributed by atoms with Crippen molar-refractivity contribution in [2.45, 2.75) is 24.2 Å². The van der Waals surface area contributed by atoms with E-state index in [4.69, 9.17) is 0 Å². The van der Waals surface area contributed by atoms with Gasteiger partial charge < -0.3 is 9.80 Å². The van der Waals surface area contributed by atoms with Crippen molar-refractivity contribution in [2.75, 3.05) is 37.6 Å². The summed E-state index contributed by atoms with van der Waals surface area (Å²) in [6, 6.07) is 11.8. The average molecular weight is 473 g/mol. The van der Waals surface area contributed by atoms with Gasteiger partial charge in [0.05, 0.1) is 9.82 Å². The molecule has 0 radical (unpaired) electrons. The molecule has 11 heteroatoms. The molecule has 0 atom stereocenters. The molecule has 0 saturated carbocycles. The Morgan fingerprint density at radius 3 is 2.27 bits per heavy atom. The fourth-order valence-corrected chi connectivity index (χ4v) is 5.55. The summed E-state index contributed by atoms with van der Waals surface area (Å²) < 4.78 is 27.0. The van der Waals surface area contributed by atoms with Crippen LogP contribution >= 0.6 is 0 Å². The Morgan fingerprint density at radius 2 is 1.64 bits per heavy atom. The van der Waals surface area contributed by atoms with E-state index < -0.39 is 14.9 Å². The molecule has 4 rings (SSSR count). The fourth-order valence-electron chi connectivity index (χ4n) is 4.08. The molecule has 0 aliphatic carbocycles. The van der Waals surface area contributed by atoms with E-state index in [1.54, 1.807) is 34.1 Å². The maximum Gasteiger partial charge on any atom is 0.270 e. The number of carbonyl (C=O) groups excluding carboxylic acids is 2. The number of piperidine rings is 1. The quantitative estimate of drug-likeness (QED) is 0.486. The van der Waals surface area contributed by atoms with Crippen molar-refractivity contribution in [3.8, 4) is 0 Å². The molecule has 0 unspecified atom stereocenters. The number of hydrogen-bond donors (Lipinski definition) is 0. The zero-order valence-corrected chi connectivity index (χ0v) is 18.7. The van der Waals surface area contributed by atoms with Crippen LogP contribution in [0, 0.1) is 10.1 Å². The number of anilines is 1. The molecule has 0 bridgehead atoms. The summed E-state index contributed by atoms with van der Waals surface area (Å²) in [7, 11) is -3.90. The number of sulfonamides is 1. The number of benzene rings is 2. The van der Waals surface area contributed by atoms with Crippen LogP contribution in [0.3, 0.4) is 0 Å². The Hall–Kier alpha value is -3.31. The molecule has 2 amide bonds. The Morgan fingerprint density at radius 1 is 0.939 bits per heavy atom. The number of nitrogens with zero attached hydrogens (tertiary/aromatic N) is 4. The lowest BCUT2D eigenvalue weighted by atomic mass is 10.1. The van der Waals surface area contributed by atoms with Gasteiger partial charge in [-0.1, -0.05) is 6.07 Å². The number of carbonyl (C=O) groups is 2. The first-order valence-corrected chi connectivity index (χ1v) is 12.2. The minimum absolute atomic E-state index is 0.0846. The smallest absolute Gasteiger partial charge is 0.270 e. The summed E-state index contributed by atoms with van der Waals surface area (Å²) in [6.07, 6.45) is 2.38. The van der Waals surface area contributed by atoms with E-state index in [9.17, 15) is 28.1 Å². The summed E-state index contributed by atoms with van der Waals surface area (Å²) >= 11 is 0. The lowest BCUT2D eigenvalue weighted by molar-refractivity contribution is -0.385. The molecule has 10 nitrogen and oxygen atoms in total. The number of piperazine rings is 1. The monoisotopic (exact) mass is 472 g/mol. The van der Waals surface area contributed by atoms with E-state index in [0.29, 0.717) is 18.5 Å². The van der Waals surface area contributed by atoms with Gasteiger partial charge in [0, 0.05) is 62.5 Å². The van der Waals surface area contributed by atoms with Crippen molar-refractivity contribution < 1.29 is 22.9 Å². The maximum absolute atomic E-state index is 12.9. The third-order valence-electron chi connectivity index (χ3n) is 5.94. The normalized spacial score (nSPS) is 17.8. The molecule has 0 aromatic heterocycles. The Bertz CT molecular complexity index is 1170. The highest BCUT2D eigenvalue weighted by molar-refractivity contribution is 7.89. The molecule has 2 heterocycles. The van der Waals surface area contributed by atoms with E-state index in [1.165, 1.54) is 22.5 Å². The standard InChI is InChI=1S/C22H24N4O6S/c27-21-6-1-2-11-25(21)18-9-7-17(8-10-18)22(28)23-12-14-24(15-13-23)33(31,32)20-5-3-4-19(16-20)26(29)30/h3-5,7-10,16H,1-2,6,11-15H2. The number of hydrogen-bond acceptors (Lipinski definition) is 6. The number of nitro benzene ring substituents is 1. The van der Waals surface area contributed by atoms with Gasteiger partial charge >= 0.3 is 0 Å². The molecule has 2 aliphatic rings. The van der Waals surface area contributed by atoms with Gasteiger partial charge in [-0.3, -0.25) is 19.7 Å². The minimum atomic E-state index is -3.90. The van der Waals surface area contributed by atoms with E-state index in [0.717, 1.165) is 24.6 Å². The minimum Gasteiger partial charge on any atom is -0.336 e. The van der Waals surface area contributed by atoms with Crippen LogP contribution in [0.1, 0.15) is 29.6 Å². The topological polar surface area (TPSA) is 121 Å². The number of amides is 2. The third kappa shape index (κ3) is 4.74. The van der Waals surface area contributed by atoms with Crippen molar-refractivity contribution in [2.24, 2.45) is 0 Å². The summed E-state index contributed by atoms with van der Waals surface area (Å²) in [5.41, 5.74) is 0.946. The van der Waals surface area contributed by atoms with E-state index >= 15 is 0 Å². The lowest BCUT2D eigenvalue weighted by Crippen LogP contribution is -2.50. The number of rotatable bonds is 5. The van der Waals surface area contributed by atoms with Crippen molar-refractivity contribution in [3.63, 3.8) is 0 Å². The first-order chi connectivity index (χ1) is 15.8. The average Bonchev–Trinajstić information content (AvgIpc) is 2.84. The van der Waals surface area contributed by atoms with Gasteiger partial charge in [-0.25, -0.2) is 8.42 Å². The van der Waals surface area contributed by atoms with Crippen LogP contribution in [0.2, 0.25) is 0 Å². The highest BCUT2D eigenvalue weighted by Crippen LogP contribution is 2.24. The van der Waals surface area contributed by atoms with Crippen LogP contribution in [0.4, 0.5) is 11.4 Å². The highest BCUT2D eigenvalue weighted by Gasteiger charge is 2.31. The molecule has 2 aliphatic heterocycles. The van der Waals surface area contributed by atoms with Crippen molar-refractivity contribution in [3.05, 3.63) is 64.2 Å². The van der Waals surface area contributed by atoms with Crippen LogP contribution in [-0.2, 0) is 14.8 Å². The van der Waals surface area contributed by atoms with Crippen LogP contribution in [0.15, 0.2) is 53.4 Å². The van der Waals surface area contributed by atoms with Gasteiger partial charge in [-0.15, -0.1) is 0 Å². The first-order valence-electron chi connectivity index (χ1n) is 10.7. The lowest BCUT2D eigenvalue weighted by Gasteiger charge is -2.34. The molecule has 2 fully saturated rings. The molecule has 2 saturated heterocycles. The Balaban J connectivity index is 1.40. The summed E-state index contributed by atoms with van der Waals surface area (Å²) in [5, 5.41) is 11.0. The predicted octanol–water partition coefficient (Wildman–Crippen LogP) is 2.26. The molecule has 33 heavy (non-hydrogen) atoms. The summed E-state index contributed by atoms with van der Waals surface area (Å²) in [5.74, 6) is -0.125. The summed E-state index contributed by atoms with van der Waals surface area (Å²) in [6.45, 7) is 1.28. The first kappa shape index (κ1) is 22.9. The molecule has 2 aromatic rings. The Labute approximate surface area is 191 Å². The van der Waals surface area contributed by atoms with Crippen LogP contribution < -0.4 is 4.90 Å².